The summed E-state index contributed by atoms with van der Waals surface area (Å²) < 4.78 is 10.8. The van der Waals surface area contributed by atoms with E-state index in [0.717, 1.165) is 41.9 Å². The molecule has 0 saturated heterocycles. The van der Waals surface area contributed by atoms with Crippen LogP contribution < -0.4 is 9.47 Å². The van der Waals surface area contributed by atoms with E-state index in [1.807, 2.05) is 19.1 Å². The van der Waals surface area contributed by atoms with Gasteiger partial charge in [0.1, 0.15) is 11.5 Å². The second kappa shape index (κ2) is 5.19. The zero-order valence-corrected chi connectivity index (χ0v) is 11.5. The maximum Gasteiger partial charge on any atom is 0.122 e. The van der Waals surface area contributed by atoms with E-state index in [9.17, 15) is 5.11 Å². The summed E-state index contributed by atoms with van der Waals surface area (Å²) in [5.41, 5.74) is 2.27. The van der Waals surface area contributed by atoms with E-state index in [1.165, 1.54) is 6.42 Å². The second-order valence-corrected chi connectivity index (χ2v) is 5.32. The van der Waals surface area contributed by atoms with Gasteiger partial charge < -0.3 is 14.6 Å². The normalized spacial score (nSPS) is 17.1. The lowest BCUT2D eigenvalue weighted by molar-refractivity contribution is 0.0444. The van der Waals surface area contributed by atoms with Gasteiger partial charge in [-0.2, -0.15) is 0 Å². The van der Waals surface area contributed by atoms with Crippen LogP contribution in [0.15, 0.2) is 12.1 Å². The summed E-state index contributed by atoms with van der Waals surface area (Å²) in [6.07, 6.45) is 4.28. The molecule has 1 saturated carbocycles. The zero-order chi connectivity index (χ0) is 13.2. The van der Waals surface area contributed by atoms with Crippen molar-refractivity contribution in [1.82, 2.24) is 0 Å². The number of aliphatic hydroxyl groups is 1. The lowest BCUT2D eigenvalue weighted by Crippen LogP contribution is -2.35. The molecule has 1 N–H and O–H groups in total. The Kier molecular flexibility index (Phi) is 3.81. The molecule has 0 unspecified atom stereocenters. The maximum atomic E-state index is 9.57. The standard InChI is InChI=1S/C15H22O3/c1-11-7-14(18-3)12(8-13(11)17-2)9-15(10-16)5-4-6-15/h7-8,16H,4-6,9-10H2,1-3H3. The SMILES string of the molecule is COc1cc(CC2(CO)CCC2)c(OC)cc1C. The van der Waals surface area contributed by atoms with E-state index in [1.54, 1.807) is 14.2 Å². The van der Waals surface area contributed by atoms with Gasteiger partial charge in [-0.1, -0.05) is 6.42 Å². The van der Waals surface area contributed by atoms with E-state index in [0.29, 0.717) is 0 Å². The molecule has 1 aromatic rings. The number of hydrogen-bond acceptors (Lipinski definition) is 3. The minimum absolute atomic E-state index is 0.0630. The highest BCUT2D eigenvalue weighted by Crippen LogP contribution is 2.45. The number of methoxy groups -OCH3 is 2. The summed E-state index contributed by atoms with van der Waals surface area (Å²) in [6, 6.07) is 4.06. The topological polar surface area (TPSA) is 38.7 Å². The number of benzene rings is 1. The molecule has 3 nitrogen and oxygen atoms in total. The molecule has 0 bridgehead atoms. The highest BCUT2D eigenvalue weighted by atomic mass is 16.5. The minimum Gasteiger partial charge on any atom is -0.496 e. The number of hydrogen-bond donors (Lipinski definition) is 1. The van der Waals surface area contributed by atoms with Crippen LogP contribution in [0, 0.1) is 12.3 Å². The third kappa shape index (κ3) is 2.32. The minimum atomic E-state index is 0.0630. The van der Waals surface area contributed by atoms with Gasteiger partial charge in [0.2, 0.25) is 0 Å². The summed E-state index contributed by atoms with van der Waals surface area (Å²) in [4.78, 5) is 0. The van der Waals surface area contributed by atoms with Gasteiger partial charge in [-0.05, 0) is 54.9 Å². The molecule has 1 fully saturated rings. The Morgan fingerprint density at radius 3 is 2.28 bits per heavy atom. The first-order valence-electron chi connectivity index (χ1n) is 6.46. The van der Waals surface area contributed by atoms with Crippen LogP contribution in [0.5, 0.6) is 11.5 Å². The Labute approximate surface area is 109 Å². The lowest BCUT2D eigenvalue weighted by atomic mass is 9.66. The molecule has 0 spiro atoms. The van der Waals surface area contributed by atoms with Crippen LogP contribution in [-0.4, -0.2) is 25.9 Å². The van der Waals surface area contributed by atoms with Gasteiger partial charge in [0.15, 0.2) is 0 Å². The summed E-state index contributed by atoms with van der Waals surface area (Å²) in [6.45, 7) is 2.27. The first-order chi connectivity index (χ1) is 8.64. The van der Waals surface area contributed by atoms with E-state index in [2.05, 4.69) is 0 Å². The molecule has 1 aliphatic carbocycles. The lowest BCUT2D eigenvalue weighted by Gasteiger charge is -2.40. The zero-order valence-electron chi connectivity index (χ0n) is 11.5. The molecule has 100 valence electrons. The number of aliphatic hydroxyl groups excluding tert-OH is 1. The molecule has 3 heteroatoms. The van der Waals surface area contributed by atoms with Crippen molar-refractivity contribution in [1.29, 1.82) is 0 Å². The Morgan fingerprint density at radius 1 is 1.17 bits per heavy atom. The molecule has 2 rings (SSSR count). The molecule has 0 heterocycles. The Hall–Kier alpha value is -1.22. The van der Waals surface area contributed by atoms with Crippen molar-refractivity contribution in [2.45, 2.75) is 32.6 Å². The fraction of sp³-hybridized carbons (Fsp3) is 0.600. The van der Waals surface area contributed by atoms with Gasteiger partial charge in [-0.3, -0.25) is 0 Å². The molecule has 1 aromatic carbocycles. The number of aryl methyl sites for hydroxylation is 1. The average molecular weight is 250 g/mol. The molecule has 0 radical (unpaired) electrons. The third-order valence-corrected chi connectivity index (χ3v) is 4.11. The van der Waals surface area contributed by atoms with Crippen LogP contribution in [0.2, 0.25) is 0 Å². The van der Waals surface area contributed by atoms with Gasteiger partial charge >= 0.3 is 0 Å². The number of ether oxygens (including phenoxy) is 2. The van der Waals surface area contributed by atoms with Crippen LogP contribution in [0.25, 0.3) is 0 Å². The van der Waals surface area contributed by atoms with Crippen molar-refractivity contribution in [3.05, 3.63) is 23.3 Å². The van der Waals surface area contributed by atoms with E-state index in [-0.39, 0.29) is 12.0 Å². The van der Waals surface area contributed by atoms with Crippen molar-refractivity contribution in [2.24, 2.45) is 5.41 Å². The van der Waals surface area contributed by atoms with Crippen molar-refractivity contribution >= 4 is 0 Å². The fourth-order valence-corrected chi connectivity index (χ4v) is 2.72. The quantitative estimate of drug-likeness (QED) is 0.873. The highest BCUT2D eigenvalue weighted by Gasteiger charge is 2.37. The first kappa shape index (κ1) is 13.2. The molecule has 1 aliphatic rings. The van der Waals surface area contributed by atoms with Gasteiger partial charge in [-0.25, -0.2) is 0 Å². The predicted molar refractivity (Wildman–Crippen MR) is 71.4 cm³/mol. The summed E-state index contributed by atoms with van der Waals surface area (Å²) in [7, 11) is 3.38. The van der Waals surface area contributed by atoms with Gasteiger partial charge in [0.05, 0.1) is 14.2 Å². The molecule has 0 atom stereocenters. The second-order valence-electron chi connectivity index (χ2n) is 5.32. The molecular weight excluding hydrogens is 228 g/mol. The Morgan fingerprint density at radius 2 is 1.83 bits per heavy atom. The fourth-order valence-electron chi connectivity index (χ4n) is 2.72. The largest absolute Gasteiger partial charge is 0.496 e. The average Bonchev–Trinajstić information content (AvgIpc) is 2.34. The van der Waals surface area contributed by atoms with E-state index < -0.39 is 0 Å². The van der Waals surface area contributed by atoms with Gasteiger partial charge in [0.25, 0.3) is 0 Å². The predicted octanol–water partition coefficient (Wildman–Crippen LogP) is 2.72. The monoisotopic (exact) mass is 250 g/mol. The third-order valence-electron chi connectivity index (χ3n) is 4.11. The molecule has 0 aliphatic heterocycles. The summed E-state index contributed by atoms with van der Waals surface area (Å²) in [5.74, 6) is 1.78. The molecular formula is C15H22O3. The number of rotatable bonds is 5. The van der Waals surface area contributed by atoms with Crippen LogP contribution >= 0.6 is 0 Å². The van der Waals surface area contributed by atoms with E-state index in [4.69, 9.17) is 9.47 Å². The molecule has 0 aromatic heterocycles. The smallest absolute Gasteiger partial charge is 0.122 e. The van der Waals surface area contributed by atoms with E-state index >= 15 is 0 Å². The van der Waals surface area contributed by atoms with Crippen molar-refractivity contribution in [2.75, 3.05) is 20.8 Å². The van der Waals surface area contributed by atoms with Crippen molar-refractivity contribution < 1.29 is 14.6 Å². The summed E-state index contributed by atoms with van der Waals surface area (Å²) >= 11 is 0. The highest BCUT2D eigenvalue weighted by molar-refractivity contribution is 5.46. The Bertz CT molecular complexity index is 416. The van der Waals surface area contributed by atoms with Gasteiger partial charge in [0, 0.05) is 6.61 Å². The summed E-state index contributed by atoms with van der Waals surface area (Å²) in [5, 5.41) is 9.57. The molecule has 0 amide bonds. The van der Waals surface area contributed by atoms with Crippen molar-refractivity contribution in [3.63, 3.8) is 0 Å². The van der Waals surface area contributed by atoms with Crippen molar-refractivity contribution in [3.8, 4) is 11.5 Å². The van der Waals surface area contributed by atoms with Crippen LogP contribution in [0.3, 0.4) is 0 Å². The molecule has 18 heavy (non-hydrogen) atoms. The Balaban J connectivity index is 2.30. The maximum absolute atomic E-state index is 9.57. The van der Waals surface area contributed by atoms with Crippen LogP contribution in [0.1, 0.15) is 30.4 Å². The van der Waals surface area contributed by atoms with Crippen LogP contribution in [-0.2, 0) is 6.42 Å². The van der Waals surface area contributed by atoms with Crippen LogP contribution in [0.4, 0.5) is 0 Å². The first-order valence-corrected chi connectivity index (χ1v) is 6.46. The van der Waals surface area contributed by atoms with Gasteiger partial charge in [-0.15, -0.1) is 0 Å².